The predicted molar refractivity (Wildman–Crippen MR) is 268 cm³/mol. The lowest BCUT2D eigenvalue weighted by Gasteiger charge is -2.41. The highest BCUT2D eigenvalue weighted by atomic mass is 32.2. The molecule has 14 nitrogen and oxygen atoms in total. The summed E-state index contributed by atoms with van der Waals surface area (Å²) in [7, 11) is 6.79. The highest BCUT2D eigenvalue weighted by Gasteiger charge is 2.43. The Morgan fingerprint density at radius 1 is 0.940 bits per heavy atom. The number of carbonyl (C=O) groups excluding carboxylic acids is 5. The molecule has 2 aliphatic heterocycles. The number of amides is 5. The van der Waals surface area contributed by atoms with E-state index in [0.29, 0.717) is 38.9 Å². The molecule has 1 fully saturated rings. The molecule has 0 radical (unpaired) electrons. The highest BCUT2D eigenvalue weighted by molar-refractivity contribution is 8.05. The van der Waals surface area contributed by atoms with Gasteiger partial charge in [0.25, 0.3) is 0 Å². The minimum absolute atomic E-state index is 0.0166. The van der Waals surface area contributed by atoms with Crippen LogP contribution in [0.2, 0.25) is 0 Å². The van der Waals surface area contributed by atoms with E-state index in [1.54, 1.807) is 37.9 Å². The van der Waals surface area contributed by atoms with Crippen molar-refractivity contribution in [1.82, 2.24) is 30.7 Å². The number of rotatable bonds is 25. The Morgan fingerprint density at radius 2 is 1.63 bits per heavy atom. The summed E-state index contributed by atoms with van der Waals surface area (Å²) in [5.74, 6) is -1.75. The molecule has 2 aliphatic rings. The van der Waals surface area contributed by atoms with Crippen molar-refractivity contribution in [3.8, 4) is 0 Å². The number of allylic oxidation sites excluding steroid dienone is 1. The van der Waals surface area contributed by atoms with Crippen molar-refractivity contribution in [1.29, 1.82) is 0 Å². The van der Waals surface area contributed by atoms with Gasteiger partial charge in [-0.3, -0.25) is 24.1 Å². The molecule has 9 atom stereocenters. The number of likely N-dealkylation sites (tertiary alicyclic amines) is 1. The Morgan fingerprint density at radius 3 is 2.22 bits per heavy atom. The monoisotopic (exact) mass is 953 g/mol. The average molecular weight is 953 g/mol. The van der Waals surface area contributed by atoms with E-state index < -0.39 is 47.9 Å². The number of alkyl carbamates (subject to hydrolysis) is 1. The van der Waals surface area contributed by atoms with Crippen LogP contribution >= 0.6 is 11.8 Å². The Bertz CT molecular complexity index is 1850. The first kappa shape index (κ1) is 57.2. The second kappa shape index (κ2) is 27.8. The third kappa shape index (κ3) is 17.4. The van der Waals surface area contributed by atoms with E-state index in [2.05, 4.69) is 46.8 Å². The second-order valence-electron chi connectivity index (χ2n) is 20.0. The van der Waals surface area contributed by atoms with E-state index in [9.17, 15) is 24.0 Å². The minimum Gasteiger partial charge on any atom is -0.444 e. The number of benzene rings is 1. The Balaban J connectivity index is 1.76. The largest absolute Gasteiger partial charge is 0.444 e. The van der Waals surface area contributed by atoms with Gasteiger partial charge in [0.2, 0.25) is 23.6 Å². The van der Waals surface area contributed by atoms with E-state index in [1.807, 2.05) is 109 Å². The third-order valence-electron chi connectivity index (χ3n) is 12.9. The molecule has 2 heterocycles. The summed E-state index contributed by atoms with van der Waals surface area (Å²) in [6, 6.07) is 7.58. The fourth-order valence-electron chi connectivity index (χ4n) is 9.25. The van der Waals surface area contributed by atoms with E-state index in [-0.39, 0.29) is 59.9 Å². The van der Waals surface area contributed by atoms with Crippen LogP contribution in [0.15, 0.2) is 58.5 Å². The predicted octanol–water partition coefficient (Wildman–Crippen LogP) is 7.34. The first-order chi connectivity index (χ1) is 31.6. The minimum atomic E-state index is -0.837. The molecule has 1 aromatic carbocycles. The summed E-state index contributed by atoms with van der Waals surface area (Å²) in [5.41, 5.74) is 3.90. The van der Waals surface area contributed by atoms with Crippen LogP contribution in [0.3, 0.4) is 0 Å². The van der Waals surface area contributed by atoms with Crippen LogP contribution in [0.25, 0.3) is 0 Å². The molecule has 0 spiro atoms. The van der Waals surface area contributed by atoms with Crippen LogP contribution in [0.4, 0.5) is 4.79 Å². The molecule has 67 heavy (non-hydrogen) atoms. The number of methoxy groups -OCH3 is 2. The van der Waals surface area contributed by atoms with Gasteiger partial charge in [0, 0.05) is 40.9 Å². The molecule has 0 aromatic heterocycles. The Labute approximate surface area is 406 Å². The van der Waals surface area contributed by atoms with Gasteiger partial charge in [-0.25, -0.2) is 4.79 Å². The van der Waals surface area contributed by atoms with Crippen molar-refractivity contribution in [3.63, 3.8) is 0 Å². The van der Waals surface area contributed by atoms with E-state index >= 15 is 0 Å². The van der Waals surface area contributed by atoms with Gasteiger partial charge >= 0.3 is 6.09 Å². The molecule has 376 valence electrons. The molecule has 5 amide bonds. The second-order valence-corrected chi connectivity index (χ2v) is 20.9. The maximum Gasteiger partial charge on any atom is 0.407 e. The molecule has 0 aliphatic carbocycles. The molecular weight excluding hydrogens is 869 g/mol. The number of carbonyl (C=O) groups is 5. The van der Waals surface area contributed by atoms with Gasteiger partial charge in [-0.15, -0.1) is 5.73 Å². The van der Waals surface area contributed by atoms with Crippen molar-refractivity contribution in [3.05, 3.63) is 64.1 Å². The molecule has 0 bridgehead atoms. The Kier molecular flexibility index (Phi) is 23.7. The van der Waals surface area contributed by atoms with Gasteiger partial charge in [-0.1, -0.05) is 103 Å². The van der Waals surface area contributed by atoms with Crippen molar-refractivity contribution in [2.24, 2.45) is 23.7 Å². The summed E-state index contributed by atoms with van der Waals surface area (Å²) < 4.78 is 17.6. The topological polar surface area (TPSA) is 159 Å². The van der Waals surface area contributed by atoms with Gasteiger partial charge in [0.05, 0.1) is 53.6 Å². The highest BCUT2D eigenvalue weighted by Crippen LogP contribution is 2.31. The van der Waals surface area contributed by atoms with Crippen LogP contribution in [0.5, 0.6) is 0 Å². The van der Waals surface area contributed by atoms with Gasteiger partial charge in [0.1, 0.15) is 11.6 Å². The zero-order valence-electron chi connectivity index (χ0n) is 43.1. The molecule has 3 rings (SSSR count). The zero-order chi connectivity index (χ0) is 50.0. The number of hydrogen-bond acceptors (Lipinski definition) is 10. The van der Waals surface area contributed by atoms with Crippen LogP contribution < -0.4 is 16.0 Å². The number of thioether (sulfide) groups is 1. The maximum atomic E-state index is 14.6. The van der Waals surface area contributed by atoms with Crippen molar-refractivity contribution in [2.45, 2.75) is 162 Å². The first-order valence-electron chi connectivity index (χ1n) is 24.4. The zero-order valence-corrected chi connectivity index (χ0v) is 43.9. The Hall–Kier alpha value is -4.14. The van der Waals surface area contributed by atoms with Crippen LogP contribution in [-0.2, 0) is 39.8 Å². The first-order valence-corrected chi connectivity index (χ1v) is 25.2. The molecule has 3 N–H and O–H groups in total. The summed E-state index contributed by atoms with van der Waals surface area (Å²) in [5, 5.41) is 11.2. The number of ether oxygens (including phenoxy) is 3. The molecule has 0 saturated carbocycles. The fraction of sp³-hybridized carbons (Fsp3) is 0.692. The molecule has 0 unspecified atom stereocenters. The van der Waals surface area contributed by atoms with Crippen LogP contribution in [0, 0.1) is 23.7 Å². The number of nitrogens with zero attached hydrogens (tertiary/aromatic N) is 3. The van der Waals surface area contributed by atoms with Crippen molar-refractivity contribution < 1.29 is 38.2 Å². The summed E-state index contributed by atoms with van der Waals surface area (Å²) in [6.07, 6.45) is 6.50. The lowest BCUT2D eigenvalue weighted by molar-refractivity contribution is -0.148. The molecule has 15 heteroatoms. The number of hydrogen-bond donors (Lipinski definition) is 3. The van der Waals surface area contributed by atoms with E-state index in [0.717, 1.165) is 29.7 Å². The van der Waals surface area contributed by atoms with Crippen LogP contribution in [-0.4, -0.2) is 140 Å². The lowest BCUT2D eigenvalue weighted by Crippen LogP contribution is -2.60. The van der Waals surface area contributed by atoms with E-state index in [4.69, 9.17) is 14.2 Å². The summed E-state index contributed by atoms with van der Waals surface area (Å²) in [4.78, 5) is 75.9. The number of likely N-dealkylation sites (N-methyl/N-ethyl adjacent to an activating group) is 2. The van der Waals surface area contributed by atoms with Crippen molar-refractivity contribution >= 4 is 41.5 Å². The smallest absolute Gasteiger partial charge is 0.407 e. The normalized spacial score (nSPS) is 18.9. The fourth-order valence-corrected chi connectivity index (χ4v) is 10.1. The van der Waals surface area contributed by atoms with Gasteiger partial charge in [-0.05, 0) is 94.7 Å². The summed E-state index contributed by atoms with van der Waals surface area (Å²) >= 11 is 1.56. The molecule has 1 saturated heterocycles. The van der Waals surface area contributed by atoms with Crippen molar-refractivity contribution in [2.75, 3.05) is 47.9 Å². The molecule has 1 aromatic rings. The van der Waals surface area contributed by atoms with Gasteiger partial charge in [-0.2, -0.15) is 0 Å². The summed E-state index contributed by atoms with van der Waals surface area (Å²) in [6.45, 7) is 20.6. The average Bonchev–Trinajstić information content (AvgIpc) is 3.59. The van der Waals surface area contributed by atoms with Crippen LogP contribution in [0.1, 0.15) is 113 Å². The van der Waals surface area contributed by atoms with Gasteiger partial charge in [0.15, 0.2) is 0 Å². The quantitative estimate of drug-likeness (QED) is 0.0670. The third-order valence-corrected chi connectivity index (χ3v) is 13.9. The molecular formula is C52H84N6O8S. The SMILES string of the molecule is CC[C@H](C)[C@@H]([C@@H](CC(=O)N1CCC[C@H]1[C@H](OC)[C@@H](C)C(=O)N[C@@H](Cc1ccccc1)C1=C=CCC=CS1)OC)N(C)C(=O)[C@@H](NC(=O)[C@H](C(C)C)N(C)CCCNC(=O)OC(C)(C)C)C(C)C. The maximum absolute atomic E-state index is 14.6. The van der Waals surface area contributed by atoms with E-state index in [1.165, 1.54) is 0 Å². The van der Waals surface area contributed by atoms with Gasteiger partial charge < -0.3 is 40.0 Å². The number of nitrogens with one attached hydrogen (secondary N) is 3. The standard InChI is InChI=1S/C52H84N6O8S/c1-15-36(6)46(57(12)50(62)44(34(2)3)55-49(61)45(35(4)5)56(11)29-23-28-53-51(63)66-52(8,9)10)41(64-13)33-43(59)58-30-22-26-40(58)47(65-14)37(7)48(60)54-39(32-38-24-18-16-19-25-38)42-27-20-17-21-31-67-42/h16,18-21,24-25,31,34-37,39-41,44-47H,15,17,22-23,26,28-30,32-33H2,1-14H3,(H,53,63)(H,54,60)(H,55,61)/t36-,37+,39-,40-,41+,44-,45-,46-,47+/m0/s1. The lowest BCUT2D eigenvalue weighted by atomic mass is 9.89.